The fourth-order valence-corrected chi connectivity index (χ4v) is 3.08. The number of non-ortho nitro benzene ring substituents is 1. The molecule has 0 spiro atoms. The van der Waals surface area contributed by atoms with Crippen molar-refractivity contribution in [2.75, 3.05) is 0 Å². The predicted molar refractivity (Wildman–Crippen MR) is 94.8 cm³/mol. The molecule has 0 saturated heterocycles. The van der Waals surface area contributed by atoms with Gasteiger partial charge in [0, 0.05) is 41.7 Å². The second kappa shape index (κ2) is 7.30. The summed E-state index contributed by atoms with van der Waals surface area (Å²) in [5.74, 6) is -0.268. The molecule has 3 rings (SSSR count). The molecule has 8 heteroatoms. The lowest BCUT2D eigenvalue weighted by Crippen LogP contribution is -2.17. The van der Waals surface area contributed by atoms with Crippen LogP contribution >= 0.6 is 0 Å². The summed E-state index contributed by atoms with van der Waals surface area (Å²) in [5.41, 5.74) is 2.68. The maximum Gasteiger partial charge on any atom is 0.573 e. The van der Waals surface area contributed by atoms with Crippen molar-refractivity contribution >= 4 is 16.6 Å². The van der Waals surface area contributed by atoms with Crippen LogP contribution in [0.2, 0.25) is 0 Å². The summed E-state index contributed by atoms with van der Waals surface area (Å²) in [6.07, 6.45) is -3.34. The number of halogens is 3. The molecule has 0 unspecified atom stereocenters. The Morgan fingerprint density at radius 2 is 1.81 bits per heavy atom. The van der Waals surface area contributed by atoms with Crippen LogP contribution < -0.4 is 4.74 Å². The summed E-state index contributed by atoms with van der Waals surface area (Å²) in [6.45, 7) is 2.77. The highest BCUT2D eigenvalue weighted by atomic mass is 19.4. The zero-order valence-electron chi connectivity index (χ0n) is 14.5. The molecule has 3 aromatic rings. The zero-order valence-corrected chi connectivity index (χ0v) is 14.5. The number of fused-ring (bicyclic) bond motifs is 1. The van der Waals surface area contributed by atoms with Crippen LogP contribution in [0, 0.1) is 10.1 Å². The number of hydrogen-bond donors (Lipinski definition) is 0. The topological polar surface area (TPSA) is 57.3 Å². The number of rotatable bonds is 6. The molecule has 27 heavy (non-hydrogen) atoms. The van der Waals surface area contributed by atoms with Crippen LogP contribution in [-0.4, -0.2) is 15.9 Å². The van der Waals surface area contributed by atoms with Crippen molar-refractivity contribution < 1.29 is 22.8 Å². The minimum atomic E-state index is -4.72. The quantitative estimate of drug-likeness (QED) is 0.423. The molecule has 2 aromatic carbocycles. The van der Waals surface area contributed by atoms with Crippen LogP contribution in [-0.2, 0) is 13.0 Å². The van der Waals surface area contributed by atoms with Crippen molar-refractivity contribution in [3.8, 4) is 5.75 Å². The van der Waals surface area contributed by atoms with E-state index in [1.54, 1.807) is 18.2 Å². The number of benzene rings is 2. The number of ether oxygens (including phenoxy) is 1. The average Bonchev–Trinajstić information content (AvgIpc) is 2.92. The Hall–Kier alpha value is -3.03. The van der Waals surface area contributed by atoms with Gasteiger partial charge in [-0.05, 0) is 36.2 Å². The summed E-state index contributed by atoms with van der Waals surface area (Å²) in [7, 11) is 0. The van der Waals surface area contributed by atoms with E-state index in [0.29, 0.717) is 6.42 Å². The maximum absolute atomic E-state index is 12.3. The van der Waals surface area contributed by atoms with Crippen molar-refractivity contribution in [3.05, 3.63) is 69.9 Å². The Morgan fingerprint density at radius 3 is 2.41 bits per heavy atom. The van der Waals surface area contributed by atoms with Crippen LogP contribution in [0.5, 0.6) is 5.75 Å². The maximum atomic E-state index is 12.3. The standard InChI is InChI=1S/C19H17F3N2O3/c1-2-9-23-16(12-14-11-15(24(25)26)5-8-18(14)23)10-13-3-6-17(7-4-13)27-19(20,21)22/h3-8,11-12H,2,9-10H2,1H3. The van der Waals surface area contributed by atoms with Crippen LogP contribution in [0.15, 0.2) is 48.5 Å². The van der Waals surface area contributed by atoms with E-state index >= 15 is 0 Å². The molecule has 0 aliphatic heterocycles. The number of aromatic nitrogens is 1. The highest BCUT2D eigenvalue weighted by molar-refractivity contribution is 5.83. The van der Waals surface area contributed by atoms with Crippen molar-refractivity contribution in [2.45, 2.75) is 32.7 Å². The molecule has 0 radical (unpaired) electrons. The molecule has 0 atom stereocenters. The number of hydrogen-bond acceptors (Lipinski definition) is 3. The monoisotopic (exact) mass is 378 g/mol. The largest absolute Gasteiger partial charge is 0.573 e. The van der Waals surface area contributed by atoms with E-state index in [2.05, 4.69) is 9.30 Å². The third-order valence-corrected chi connectivity index (χ3v) is 4.17. The molecule has 1 aromatic heterocycles. The van der Waals surface area contributed by atoms with E-state index in [4.69, 9.17) is 0 Å². The van der Waals surface area contributed by atoms with Crippen molar-refractivity contribution in [1.82, 2.24) is 4.57 Å². The first kappa shape index (κ1) is 18.8. The predicted octanol–water partition coefficient (Wildman–Crippen LogP) is 5.45. The van der Waals surface area contributed by atoms with Gasteiger partial charge in [-0.25, -0.2) is 0 Å². The first-order valence-corrected chi connectivity index (χ1v) is 8.38. The molecule has 0 amide bonds. The molecule has 1 heterocycles. The number of nitrogens with zero attached hydrogens (tertiary/aromatic N) is 2. The summed E-state index contributed by atoms with van der Waals surface area (Å²) >= 11 is 0. The molecule has 0 aliphatic carbocycles. The summed E-state index contributed by atoms with van der Waals surface area (Å²) in [4.78, 5) is 10.6. The summed E-state index contributed by atoms with van der Waals surface area (Å²) in [6, 6.07) is 12.3. The van der Waals surface area contributed by atoms with E-state index in [1.807, 2.05) is 13.0 Å². The smallest absolute Gasteiger partial charge is 0.406 e. The third kappa shape index (κ3) is 4.39. The highest BCUT2D eigenvalue weighted by Crippen LogP contribution is 2.28. The van der Waals surface area contributed by atoms with Gasteiger partial charge < -0.3 is 9.30 Å². The first-order chi connectivity index (χ1) is 12.8. The van der Waals surface area contributed by atoms with Gasteiger partial charge in [0.25, 0.3) is 5.69 Å². The van der Waals surface area contributed by atoms with Gasteiger partial charge >= 0.3 is 6.36 Å². The van der Waals surface area contributed by atoms with E-state index in [1.165, 1.54) is 24.3 Å². The van der Waals surface area contributed by atoms with Crippen molar-refractivity contribution in [3.63, 3.8) is 0 Å². The molecule has 0 fully saturated rings. The van der Waals surface area contributed by atoms with Gasteiger partial charge in [-0.3, -0.25) is 10.1 Å². The van der Waals surface area contributed by atoms with Crippen LogP contribution in [0.1, 0.15) is 24.6 Å². The normalized spacial score (nSPS) is 11.7. The number of aryl methyl sites for hydroxylation is 1. The van der Waals surface area contributed by atoms with Gasteiger partial charge in [0.2, 0.25) is 0 Å². The molecule has 0 saturated carbocycles. The lowest BCUT2D eigenvalue weighted by atomic mass is 10.1. The minimum Gasteiger partial charge on any atom is -0.406 e. The minimum absolute atomic E-state index is 0.0244. The van der Waals surface area contributed by atoms with E-state index in [0.717, 1.165) is 35.1 Å². The van der Waals surface area contributed by atoms with Crippen LogP contribution in [0.4, 0.5) is 18.9 Å². The Bertz CT molecular complexity index is 963. The summed E-state index contributed by atoms with van der Waals surface area (Å²) < 4.78 is 42.7. The SMILES string of the molecule is CCCn1c(Cc2ccc(OC(F)(F)F)cc2)cc2cc([N+](=O)[O-])ccc21. The fraction of sp³-hybridized carbons (Fsp3) is 0.263. The van der Waals surface area contributed by atoms with E-state index in [-0.39, 0.29) is 11.4 Å². The molecule has 5 nitrogen and oxygen atoms in total. The first-order valence-electron chi connectivity index (χ1n) is 8.38. The second-order valence-electron chi connectivity index (χ2n) is 6.16. The Morgan fingerprint density at radius 1 is 1.11 bits per heavy atom. The van der Waals surface area contributed by atoms with Crippen LogP contribution in [0.3, 0.4) is 0 Å². The van der Waals surface area contributed by atoms with E-state index < -0.39 is 11.3 Å². The Balaban J connectivity index is 1.91. The molecule has 0 N–H and O–H groups in total. The van der Waals surface area contributed by atoms with E-state index in [9.17, 15) is 23.3 Å². The number of nitro groups is 1. The fourth-order valence-electron chi connectivity index (χ4n) is 3.08. The second-order valence-corrected chi connectivity index (χ2v) is 6.16. The lowest BCUT2D eigenvalue weighted by Gasteiger charge is -2.11. The third-order valence-electron chi connectivity index (χ3n) is 4.17. The average molecular weight is 378 g/mol. The number of nitro benzene ring substituents is 1. The van der Waals surface area contributed by atoms with Gasteiger partial charge in [0.1, 0.15) is 5.75 Å². The molecular formula is C19H17F3N2O3. The van der Waals surface area contributed by atoms with Gasteiger partial charge in [0.05, 0.1) is 4.92 Å². The number of alkyl halides is 3. The Kier molecular flexibility index (Phi) is 5.07. The van der Waals surface area contributed by atoms with Crippen molar-refractivity contribution in [1.29, 1.82) is 0 Å². The van der Waals surface area contributed by atoms with Crippen molar-refractivity contribution in [2.24, 2.45) is 0 Å². The van der Waals surface area contributed by atoms with Gasteiger partial charge in [-0.1, -0.05) is 19.1 Å². The molecule has 0 aliphatic rings. The molecule has 142 valence electrons. The highest BCUT2D eigenvalue weighted by Gasteiger charge is 2.30. The Labute approximate surface area is 153 Å². The molecule has 0 bridgehead atoms. The van der Waals surface area contributed by atoms with Gasteiger partial charge in [-0.15, -0.1) is 13.2 Å². The lowest BCUT2D eigenvalue weighted by molar-refractivity contribution is -0.384. The molecular weight excluding hydrogens is 361 g/mol. The van der Waals surface area contributed by atoms with Crippen LogP contribution in [0.25, 0.3) is 10.9 Å². The van der Waals surface area contributed by atoms with Gasteiger partial charge in [0.15, 0.2) is 0 Å². The zero-order chi connectivity index (χ0) is 19.6. The summed E-state index contributed by atoms with van der Waals surface area (Å²) in [5, 5.41) is 11.8. The van der Waals surface area contributed by atoms with Gasteiger partial charge in [-0.2, -0.15) is 0 Å².